The zero-order valence-electron chi connectivity index (χ0n) is 13.1. The Hall–Kier alpha value is -0.610. The second-order valence-electron chi connectivity index (χ2n) is 6.98. The highest BCUT2D eigenvalue weighted by molar-refractivity contribution is 5.81. The average molecular weight is 281 g/mol. The van der Waals surface area contributed by atoms with Crippen molar-refractivity contribution in [1.82, 2.24) is 10.2 Å². The molecule has 20 heavy (non-hydrogen) atoms. The van der Waals surface area contributed by atoms with E-state index in [4.69, 9.17) is 5.73 Å². The van der Waals surface area contributed by atoms with Crippen molar-refractivity contribution >= 4 is 5.91 Å². The number of rotatable bonds is 5. The molecule has 1 amide bonds. The SMILES string of the molecule is CC(C)C[C@H](N)C(=O)NCC1CCCN2CCCCC12. The minimum absolute atomic E-state index is 0.0339. The first-order valence-corrected chi connectivity index (χ1v) is 8.35. The summed E-state index contributed by atoms with van der Waals surface area (Å²) in [5.41, 5.74) is 5.94. The molecule has 2 rings (SSSR count). The van der Waals surface area contributed by atoms with Crippen LogP contribution in [0.5, 0.6) is 0 Å². The van der Waals surface area contributed by atoms with Gasteiger partial charge in [-0.25, -0.2) is 0 Å². The molecular weight excluding hydrogens is 250 g/mol. The summed E-state index contributed by atoms with van der Waals surface area (Å²) >= 11 is 0. The molecule has 2 heterocycles. The Morgan fingerprint density at radius 3 is 2.75 bits per heavy atom. The Bertz CT molecular complexity index is 317. The molecule has 0 radical (unpaired) electrons. The molecule has 0 spiro atoms. The Kier molecular flexibility index (Phi) is 5.85. The topological polar surface area (TPSA) is 58.4 Å². The van der Waals surface area contributed by atoms with Crippen LogP contribution in [0.25, 0.3) is 0 Å². The lowest BCUT2D eigenvalue weighted by molar-refractivity contribution is -0.123. The predicted octanol–water partition coefficient (Wildman–Crippen LogP) is 1.74. The van der Waals surface area contributed by atoms with Crippen molar-refractivity contribution in [3.63, 3.8) is 0 Å². The maximum absolute atomic E-state index is 12.0. The van der Waals surface area contributed by atoms with Gasteiger partial charge >= 0.3 is 0 Å². The summed E-state index contributed by atoms with van der Waals surface area (Å²) in [7, 11) is 0. The van der Waals surface area contributed by atoms with Crippen molar-refractivity contribution in [1.29, 1.82) is 0 Å². The zero-order chi connectivity index (χ0) is 14.5. The highest BCUT2D eigenvalue weighted by Gasteiger charge is 2.33. The van der Waals surface area contributed by atoms with E-state index in [1.807, 2.05) is 0 Å². The monoisotopic (exact) mass is 281 g/mol. The molecule has 0 aromatic heterocycles. The van der Waals surface area contributed by atoms with Crippen molar-refractivity contribution in [3.8, 4) is 0 Å². The van der Waals surface area contributed by atoms with Crippen molar-refractivity contribution in [2.45, 2.75) is 64.5 Å². The molecule has 2 saturated heterocycles. The molecule has 2 unspecified atom stereocenters. The van der Waals surface area contributed by atoms with Crippen LogP contribution in [0.1, 0.15) is 52.4 Å². The fourth-order valence-electron chi connectivity index (χ4n) is 3.79. The molecule has 116 valence electrons. The van der Waals surface area contributed by atoms with Crippen molar-refractivity contribution < 1.29 is 4.79 Å². The first kappa shape index (κ1) is 15.8. The number of amides is 1. The van der Waals surface area contributed by atoms with Crippen LogP contribution >= 0.6 is 0 Å². The molecule has 2 aliphatic rings. The highest BCUT2D eigenvalue weighted by atomic mass is 16.2. The lowest BCUT2D eigenvalue weighted by Crippen LogP contribution is -2.52. The van der Waals surface area contributed by atoms with Crippen LogP contribution in [0.2, 0.25) is 0 Å². The minimum atomic E-state index is -0.346. The van der Waals surface area contributed by atoms with Gasteiger partial charge < -0.3 is 16.0 Å². The fraction of sp³-hybridized carbons (Fsp3) is 0.938. The van der Waals surface area contributed by atoms with Gasteiger partial charge in [0, 0.05) is 12.6 Å². The number of hydrogen-bond donors (Lipinski definition) is 2. The number of fused-ring (bicyclic) bond motifs is 1. The average Bonchev–Trinajstić information content (AvgIpc) is 2.44. The quantitative estimate of drug-likeness (QED) is 0.807. The van der Waals surface area contributed by atoms with E-state index in [9.17, 15) is 4.79 Å². The van der Waals surface area contributed by atoms with Gasteiger partial charge in [-0.3, -0.25) is 4.79 Å². The van der Waals surface area contributed by atoms with E-state index in [1.165, 1.54) is 45.2 Å². The third kappa shape index (κ3) is 4.19. The van der Waals surface area contributed by atoms with Gasteiger partial charge in [-0.05, 0) is 57.0 Å². The molecule has 0 aliphatic carbocycles. The maximum atomic E-state index is 12.0. The van der Waals surface area contributed by atoms with Gasteiger partial charge in [-0.2, -0.15) is 0 Å². The molecule has 2 aliphatic heterocycles. The summed E-state index contributed by atoms with van der Waals surface area (Å²) in [6.45, 7) is 7.53. The number of carbonyl (C=O) groups excluding carboxylic acids is 1. The van der Waals surface area contributed by atoms with Crippen molar-refractivity contribution in [2.24, 2.45) is 17.6 Å². The van der Waals surface area contributed by atoms with E-state index in [0.29, 0.717) is 17.9 Å². The molecule has 4 nitrogen and oxygen atoms in total. The van der Waals surface area contributed by atoms with Gasteiger partial charge in [-0.1, -0.05) is 20.3 Å². The first-order chi connectivity index (χ1) is 9.58. The lowest BCUT2D eigenvalue weighted by Gasteiger charge is -2.44. The van der Waals surface area contributed by atoms with Gasteiger partial charge in [-0.15, -0.1) is 0 Å². The Morgan fingerprint density at radius 2 is 2.00 bits per heavy atom. The molecule has 4 heteroatoms. The van der Waals surface area contributed by atoms with Gasteiger partial charge in [0.25, 0.3) is 0 Å². The normalized spacial score (nSPS) is 29.0. The van der Waals surface area contributed by atoms with Crippen LogP contribution in [0, 0.1) is 11.8 Å². The number of nitrogens with one attached hydrogen (secondary N) is 1. The molecule has 0 aromatic carbocycles. The Morgan fingerprint density at radius 1 is 1.25 bits per heavy atom. The summed E-state index contributed by atoms with van der Waals surface area (Å²) < 4.78 is 0. The molecule has 3 N–H and O–H groups in total. The van der Waals surface area contributed by atoms with Gasteiger partial charge in [0.15, 0.2) is 0 Å². The standard InChI is InChI=1S/C16H31N3O/c1-12(2)10-14(17)16(20)18-11-13-6-5-9-19-8-4-3-7-15(13)19/h12-15H,3-11,17H2,1-2H3,(H,18,20)/t13?,14-,15?/m0/s1. The predicted molar refractivity (Wildman–Crippen MR) is 82.4 cm³/mol. The summed E-state index contributed by atoms with van der Waals surface area (Å²) in [5.74, 6) is 1.13. The minimum Gasteiger partial charge on any atom is -0.354 e. The van der Waals surface area contributed by atoms with E-state index >= 15 is 0 Å². The van der Waals surface area contributed by atoms with Crippen LogP contribution in [0.15, 0.2) is 0 Å². The number of hydrogen-bond acceptors (Lipinski definition) is 3. The number of nitrogens with two attached hydrogens (primary N) is 1. The maximum Gasteiger partial charge on any atom is 0.236 e. The van der Waals surface area contributed by atoms with E-state index in [1.54, 1.807) is 0 Å². The Balaban J connectivity index is 1.78. The van der Waals surface area contributed by atoms with E-state index in [2.05, 4.69) is 24.1 Å². The van der Waals surface area contributed by atoms with Gasteiger partial charge in [0.2, 0.25) is 5.91 Å². The van der Waals surface area contributed by atoms with Crippen LogP contribution in [-0.2, 0) is 4.79 Å². The summed E-state index contributed by atoms with van der Waals surface area (Å²) in [6, 6.07) is 0.347. The molecule has 0 saturated carbocycles. The van der Waals surface area contributed by atoms with Gasteiger partial charge in [0.05, 0.1) is 6.04 Å². The largest absolute Gasteiger partial charge is 0.354 e. The van der Waals surface area contributed by atoms with E-state index < -0.39 is 0 Å². The molecule has 0 aromatic rings. The van der Waals surface area contributed by atoms with Crippen LogP contribution in [0.3, 0.4) is 0 Å². The molecular formula is C16H31N3O. The third-order valence-electron chi connectivity index (χ3n) is 4.83. The van der Waals surface area contributed by atoms with Gasteiger partial charge in [0.1, 0.15) is 0 Å². The fourth-order valence-corrected chi connectivity index (χ4v) is 3.79. The number of piperidine rings is 2. The lowest BCUT2D eigenvalue weighted by atomic mass is 9.83. The van der Waals surface area contributed by atoms with Crippen LogP contribution < -0.4 is 11.1 Å². The first-order valence-electron chi connectivity index (χ1n) is 8.35. The zero-order valence-corrected chi connectivity index (χ0v) is 13.1. The van der Waals surface area contributed by atoms with Crippen LogP contribution in [-0.4, -0.2) is 42.5 Å². The van der Waals surface area contributed by atoms with Crippen molar-refractivity contribution in [2.75, 3.05) is 19.6 Å². The third-order valence-corrected chi connectivity index (χ3v) is 4.83. The van der Waals surface area contributed by atoms with E-state index in [0.717, 1.165) is 13.0 Å². The summed E-state index contributed by atoms with van der Waals surface area (Å²) in [4.78, 5) is 14.7. The van der Waals surface area contributed by atoms with Crippen molar-refractivity contribution in [3.05, 3.63) is 0 Å². The van der Waals surface area contributed by atoms with Crippen LogP contribution in [0.4, 0.5) is 0 Å². The van der Waals surface area contributed by atoms with E-state index in [-0.39, 0.29) is 11.9 Å². The Labute approximate surface area is 123 Å². The second-order valence-corrected chi connectivity index (χ2v) is 6.98. The number of carbonyl (C=O) groups is 1. The summed E-state index contributed by atoms with van der Waals surface area (Å²) in [6.07, 6.45) is 7.29. The molecule has 2 fully saturated rings. The second kappa shape index (κ2) is 7.41. The smallest absolute Gasteiger partial charge is 0.236 e. The highest BCUT2D eigenvalue weighted by Crippen LogP contribution is 2.30. The summed E-state index contributed by atoms with van der Waals surface area (Å²) in [5, 5.41) is 3.10. The number of nitrogens with zero attached hydrogens (tertiary/aromatic N) is 1. The molecule has 0 bridgehead atoms. The molecule has 3 atom stereocenters.